The molecule has 3 atom stereocenters. The normalized spacial score (nSPS) is 20.3. The number of carbonyl (C=O) groups excluding carboxylic acids is 1. The second-order valence-corrected chi connectivity index (χ2v) is 8.73. The Morgan fingerprint density at radius 3 is 2.65 bits per heavy atom. The average molecular weight is 385 g/mol. The quantitative estimate of drug-likeness (QED) is 0.322. The maximum Gasteiger partial charge on any atom is 0.265 e. The van der Waals surface area contributed by atoms with Crippen molar-refractivity contribution in [1.82, 2.24) is 10.4 Å². The Labute approximate surface area is 154 Å². The summed E-state index contributed by atoms with van der Waals surface area (Å²) in [6.07, 6.45) is 2.98. The number of nitrogens with one attached hydrogen (secondary N) is 2. The van der Waals surface area contributed by atoms with Crippen molar-refractivity contribution in [3.05, 3.63) is 17.7 Å². The van der Waals surface area contributed by atoms with E-state index in [1.807, 2.05) is 0 Å². The first-order valence-electron chi connectivity index (χ1n) is 8.39. The molecule has 1 amide bonds. The van der Waals surface area contributed by atoms with E-state index in [1.165, 1.54) is 13.1 Å². The van der Waals surface area contributed by atoms with Crippen molar-refractivity contribution in [3.8, 4) is 0 Å². The van der Waals surface area contributed by atoms with E-state index in [4.69, 9.17) is 10.6 Å². The largest absolute Gasteiger partial charge is 0.385 e. The van der Waals surface area contributed by atoms with Gasteiger partial charge in [-0.1, -0.05) is 6.92 Å². The highest BCUT2D eigenvalue weighted by molar-refractivity contribution is 7.92. The zero-order chi connectivity index (χ0) is 19.5. The standard InChI is InChI=1S/C16H27N5O4S/c1-10-7-12(10)13(5-6-25-3)18-14-8-11(16(22)20-17)9-15(19-14)21(2)26(4,23)24/h8-10,12-13H,5-7,17H2,1-4H3,(H,18,19)(H,20,22)/t10-,12-,13?/m1/s1. The van der Waals surface area contributed by atoms with Crippen molar-refractivity contribution in [3.63, 3.8) is 0 Å². The SMILES string of the molecule is COCCC(Nc1cc(C(=O)NN)cc(N(C)S(C)(=O)=O)n1)[C@@H]1C[C@H]1C. The van der Waals surface area contributed by atoms with Gasteiger partial charge in [-0.15, -0.1) is 0 Å². The molecule has 4 N–H and O–H groups in total. The van der Waals surface area contributed by atoms with E-state index >= 15 is 0 Å². The van der Waals surface area contributed by atoms with Crippen LogP contribution in [0.15, 0.2) is 12.1 Å². The molecule has 0 aliphatic heterocycles. The fraction of sp³-hybridized carbons (Fsp3) is 0.625. The number of anilines is 2. The highest BCUT2D eigenvalue weighted by Crippen LogP contribution is 2.42. The third-order valence-corrected chi connectivity index (χ3v) is 5.86. The summed E-state index contributed by atoms with van der Waals surface area (Å²) in [6, 6.07) is 3.08. The Balaban J connectivity index is 2.34. The van der Waals surface area contributed by atoms with Gasteiger partial charge in [0.2, 0.25) is 10.0 Å². The van der Waals surface area contributed by atoms with Gasteiger partial charge in [0.1, 0.15) is 11.6 Å². The molecule has 0 radical (unpaired) electrons. The van der Waals surface area contributed by atoms with E-state index in [2.05, 4.69) is 22.7 Å². The number of carbonyl (C=O) groups is 1. The molecule has 1 fully saturated rings. The van der Waals surface area contributed by atoms with Crippen LogP contribution >= 0.6 is 0 Å². The number of rotatable bonds is 9. The van der Waals surface area contributed by atoms with Crippen LogP contribution in [-0.2, 0) is 14.8 Å². The van der Waals surface area contributed by atoms with E-state index in [0.717, 1.165) is 23.4 Å². The summed E-state index contributed by atoms with van der Waals surface area (Å²) in [5.41, 5.74) is 2.29. The second kappa shape index (κ2) is 8.19. The maximum absolute atomic E-state index is 12.0. The van der Waals surface area contributed by atoms with Gasteiger partial charge in [-0.3, -0.25) is 14.5 Å². The lowest BCUT2D eigenvalue weighted by molar-refractivity contribution is 0.0953. The van der Waals surface area contributed by atoms with Crippen LogP contribution in [0.4, 0.5) is 11.6 Å². The molecule has 0 bridgehead atoms. The second-order valence-electron chi connectivity index (χ2n) is 6.71. The Morgan fingerprint density at radius 2 is 2.15 bits per heavy atom. The Hall–Kier alpha value is -1.91. The predicted molar refractivity (Wildman–Crippen MR) is 100 cm³/mol. The molecular formula is C16H27N5O4S. The van der Waals surface area contributed by atoms with E-state index in [-0.39, 0.29) is 17.4 Å². The number of methoxy groups -OCH3 is 1. The average Bonchev–Trinajstić information content (AvgIpc) is 3.32. The van der Waals surface area contributed by atoms with Crippen LogP contribution in [0.2, 0.25) is 0 Å². The number of sulfonamides is 1. The third kappa shape index (κ3) is 5.05. The van der Waals surface area contributed by atoms with Crippen molar-refractivity contribution in [1.29, 1.82) is 0 Å². The zero-order valence-corrected chi connectivity index (χ0v) is 16.3. The van der Waals surface area contributed by atoms with Crippen LogP contribution < -0.4 is 20.9 Å². The minimum Gasteiger partial charge on any atom is -0.385 e. The van der Waals surface area contributed by atoms with Crippen molar-refractivity contribution in [2.45, 2.75) is 25.8 Å². The first-order valence-corrected chi connectivity index (χ1v) is 10.2. The summed E-state index contributed by atoms with van der Waals surface area (Å²) in [7, 11) is -0.481. The summed E-state index contributed by atoms with van der Waals surface area (Å²) in [5, 5.41) is 3.34. The van der Waals surface area contributed by atoms with Crippen molar-refractivity contribution in [2.24, 2.45) is 17.7 Å². The number of nitrogen functional groups attached to an aromatic ring is 1. The fourth-order valence-corrected chi connectivity index (χ4v) is 3.31. The molecule has 1 heterocycles. The van der Waals surface area contributed by atoms with Crippen LogP contribution in [0, 0.1) is 11.8 Å². The van der Waals surface area contributed by atoms with E-state index < -0.39 is 15.9 Å². The summed E-state index contributed by atoms with van der Waals surface area (Å²) in [4.78, 5) is 16.3. The highest BCUT2D eigenvalue weighted by Gasteiger charge is 2.39. The van der Waals surface area contributed by atoms with Gasteiger partial charge in [-0.05, 0) is 36.8 Å². The van der Waals surface area contributed by atoms with Gasteiger partial charge in [0.15, 0.2) is 0 Å². The van der Waals surface area contributed by atoms with Crippen molar-refractivity contribution >= 4 is 27.6 Å². The molecule has 1 saturated carbocycles. The summed E-state index contributed by atoms with van der Waals surface area (Å²) >= 11 is 0. The van der Waals surface area contributed by atoms with Crippen LogP contribution in [-0.4, -0.2) is 52.4 Å². The van der Waals surface area contributed by atoms with E-state index in [9.17, 15) is 13.2 Å². The van der Waals surface area contributed by atoms with Crippen molar-refractivity contribution in [2.75, 3.05) is 36.6 Å². The summed E-state index contributed by atoms with van der Waals surface area (Å²) in [5.74, 6) is 6.38. The molecule has 1 aliphatic carbocycles. The first kappa shape index (κ1) is 20.4. The van der Waals surface area contributed by atoms with Crippen LogP contribution in [0.25, 0.3) is 0 Å². The maximum atomic E-state index is 12.0. The van der Waals surface area contributed by atoms with E-state index in [1.54, 1.807) is 13.2 Å². The number of ether oxygens (including phenoxy) is 1. The van der Waals surface area contributed by atoms with Gasteiger partial charge >= 0.3 is 0 Å². The molecule has 1 aromatic heterocycles. The van der Waals surface area contributed by atoms with Gasteiger partial charge < -0.3 is 10.1 Å². The minimum atomic E-state index is -3.52. The van der Waals surface area contributed by atoms with Crippen molar-refractivity contribution < 1.29 is 17.9 Å². The molecule has 0 saturated heterocycles. The highest BCUT2D eigenvalue weighted by atomic mass is 32.2. The Kier molecular flexibility index (Phi) is 6.43. The van der Waals surface area contributed by atoms with Gasteiger partial charge in [-0.2, -0.15) is 0 Å². The van der Waals surface area contributed by atoms with Gasteiger partial charge in [0.05, 0.1) is 6.26 Å². The zero-order valence-electron chi connectivity index (χ0n) is 15.5. The molecule has 1 aromatic rings. The Morgan fingerprint density at radius 1 is 1.50 bits per heavy atom. The summed E-state index contributed by atoms with van der Waals surface area (Å²) in [6.45, 7) is 2.78. The predicted octanol–water partition coefficient (Wildman–Crippen LogP) is 0.554. The monoisotopic (exact) mass is 385 g/mol. The van der Waals surface area contributed by atoms with E-state index in [0.29, 0.717) is 24.3 Å². The van der Waals surface area contributed by atoms with Gasteiger partial charge in [-0.25, -0.2) is 19.2 Å². The smallest absolute Gasteiger partial charge is 0.265 e. The molecule has 146 valence electrons. The number of hydrogen-bond acceptors (Lipinski definition) is 7. The number of nitrogens with two attached hydrogens (primary N) is 1. The number of nitrogens with zero attached hydrogens (tertiary/aromatic N) is 2. The lowest BCUT2D eigenvalue weighted by Gasteiger charge is -2.22. The fourth-order valence-electron chi connectivity index (χ4n) is 2.88. The number of hydrazine groups is 1. The molecule has 9 nitrogen and oxygen atoms in total. The molecule has 10 heteroatoms. The number of amides is 1. The molecular weight excluding hydrogens is 358 g/mol. The van der Waals surface area contributed by atoms with Gasteiger partial charge in [0.25, 0.3) is 5.91 Å². The third-order valence-electron chi connectivity index (χ3n) is 4.68. The topological polar surface area (TPSA) is 127 Å². The lowest BCUT2D eigenvalue weighted by atomic mass is 10.1. The molecule has 26 heavy (non-hydrogen) atoms. The van der Waals surface area contributed by atoms with Crippen LogP contribution in [0.1, 0.15) is 30.1 Å². The number of pyridine rings is 1. The van der Waals surface area contributed by atoms with Gasteiger partial charge in [0, 0.05) is 32.4 Å². The summed E-state index contributed by atoms with van der Waals surface area (Å²) < 4.78 is 29.9. The number of hydrogen-bond donors (Lipinski definition) is 3. The molecule has 2 rings (SSSR count). The lowest BCUT2D eigenvalue weighted by Crippen LogP contribution is -2.32. The first-order chi connectivity index (χ1) is 12.2. The molecule has 1 aliphatic rings. The van der Waals surface area contributed by atoms with Crippen LogP contribution in [0.5, 0.6) is 0 Å². The van der Waals surface area contributed by atoms with Crippen LogP contribution in [0.3, 0.4) is 0 Å². The molecule has 1 unspecified atom stereocenters. The molecule has 0 spiro atoms. The molecule has 0 aromatic carbocycles. The Bertz CT molecular complexity index is 755. The minimum absolute atomic E-state index is 0.130. The number of aromatic nitrogens is 1.